The number of esters is 1. The van der Waals surface area contributed by atoms with Crippen LogP contribution in [0.4, 0.5) is 0 Å². The van der Waals surface area contributed by atoms with Crippen LogP contribution in [-0.4, -0.2) is 24.0 Å². The Morgan fingerprint density at radius 1 is 1.53 bits per heavy atom. The minimum atomic E-state index is -0.899. The normalized spacial score (nSPS) is 9.47. The van der Waals surface area contributed by atoms with E-state index in [9.17, 15) is 9.59 Å². The molecule has 0 spiro atoms. The molecule has 1 heterocycles. The fraction of sp³-hybridized carbons (Fsp3) is 0.300. The maximum absolute atomic E-state index is 11.0. The van der Waals surface area contributed by atoms with Crippen LogP contribution in [0.15, 0.2) is 18.3 Å². The molecule has 0 saturated carbocycles. The number of aromatic nitrogens is 1. The second kappa shape index (κ2) is 5.09. The number of hydrogen-bond donors (Lipinski definition) is 1. The van der Waals surface area contributed by atoms with E-state index in [1.54, 1.807) is 12.3 Å². The summed E-state index contributed by atoms with van der Waals surface area (Å²) in [6.45, 7) is 2.10. The van der Waals surface area contributed by atoms with Gasteiger partial charge in [-0.2, -0.15) is 0 Å². The molecule has 0 aliphatic heterocycles. The van der Waals surface area contributed by atoms with Crippen LogP contribution >= 0.6 is 0 Å². The highest BCUT2D eigenvalue weighted by Crippen LogP contribution is 2.01. The van der Waals surface area contributed by atoms with E-state index in [2.05, 4.69) is 15.0 Å². The van der Waals surface area contributed by atoms with Gasteiger partial charge in [0.25, 0.3) is 0 Å². The van der Waals surface area contributed by atoms with Gasteiger partial charge in [-0.1, -0.05) is 6.07 Å². The van der Waals surface area contributed by atoms with Crippen LogP contribution < -0.4 is 5.32 Å². The Bertz CT molecular complexity index is 377. The molecule has 1 N–H and O–H groups in total. The zero-order valence-corrected chi connectivity index (χ0v) is 8.61. The third-order valence-corrected chi connectivity index (χ3v) is 1.91. The molecule has 1 amide bonds. The molecular formula is C10H12N2O3. The van der Waals surface area contributed by atoms with Gasteiger partial charge in [0.15, 0.2) is 0 Å². The molecule has 0 unspecified atom stereocenters. The van der Waals surface area contributed by atoms with Crippen molar-refractivity contribution in [3.8, 4) is 0 Å². The van der Waals surface area contributed by atoms with Crippen molar-refractivity contribution in [3.63, 3.8) is 0 Å². The minimum Gasteiger partial charge on any atom is -0.462 e. The van der Waals surface area contributed by atoms with Crippen LogP contribution in [0.1, 0.15) is 11.3 Å². The Kier molecular flexibility index (Phi) is 3.79. The molecule has 15 heavy (non-hydrogen) atoms. The summed E-state index contributed by atoms with van der Waals surface area (Å²) in [5, 5.41) is 2.41. The number of pyridine rings is 1. The standard InChI is InChI=1S/C10H12N2O3/c1-7-4-3-5-11-8(7)6-12-9(13)10(14)15-2/h3-5H,6H2,1-2H3,(H,12,13). The highest BCUT2D eigenvalue weighted by atomic mass is 16.5. The average Bonchev–Trinajstić information content (AvgIpc) is 2.26. The lowest BCUT2D eigenvalue weighted by Crippen LogP contribution is -2.31. The first-order chi connectivity index (χ1) is 7.15. The third-order valence-electron chi connectivity index (χ3n) is 1.91. The predicted molar refractivity (Wildman–Crippen MR) is 52.8 cm³/mol. The first kappa shape index (κ1) is 11.2. The molecule has 0 bridgehead atoms. The van der Waals surface area contributed by atoms with Crippen molar-refractivity contribution in [2.24, 2.45) is 0 Å². The first-order valence-electron chi connectivity index (χ1n) is 4.41. The summed E-state index contributed by atoms with van der Waals surface area (Å²) in [6, 6.07) is 3.69. The third kappa shape index (κ3) is 3.05. The number of hydrogen-bond acceptors (Lipinski definition) is 4. The van der Waals surface area contributed by atoms with Gasteiger partial charge in [0.1, 0.15) is 0 Å². The van der Waals surface area contributed by atoms with Gasteiger partial charge >= 0.3 is 11.9 Å². The van der Waals surface area contributed by atoms with Crippen molar-refractivity contribution in [2.75, 3.05) is 7.11 Å². The van der Waals surface area contributed by atoms with Gasteiger partial charge in [-0.15, -0.1) is 0 Å². The number of ether oxygens (including phenoxy) is 1. The van der Waals surface area contributed by atoms with E-state index in [4.69, 9.17) is 0 Å². The van der Waals surface area contributed by atoms with E-state index >= 15 is 0 Å². The average molecular weight is 208 g/mol. The quantitative estimate of drug-likeness (QED) is 0.556. The summed E-state index contributed by atoms with van der Waals surface area (Å²) in [5.41, 5.74) is 1.69. The van der Waals surface area contributed by atoms with E-state index in [0.29, 0.717) is 0 Å². The summed E-state index contributed by atoms with van der Waals surface area (Å²) >= 11 is 0. The molecule has 0 atom stereocenters. The van der Waals surface area contributed by atoms with E-state index < -0.39 is 11.9 Å². The number of amides is 1. The zero-order valence-electron chi connectivity index (χ0n) is 8.61. The van der Waals surface area contributed by atoms with Gasteiger partial charge in [-0.3, -0.25) is 9.78 Å². The number of nitrogens with one attached hydrogen (secondary N) is 1. The predicted octanol–water partition coefficient (Wildman–Crippen LogP) is 0.179. The smallest absolute Gasteiger partial charge is 0.396 e. The fourth-order valence-electron chi connectivity index (χ4n) is 1.03. The van der Waals surface area contributed by atoms with Gasteiger partial charge in [0, 0.05) is 6.20 Å². The molecule has 0 aliphatic rings. The largest absolute Gasteiger partial charge is 0.462 e. The Hall–Kier alpha value is -1.91. The van der Waals surface area contributed by atoms with E-state index in [-0.39, 0.29) is 6.54 Å². The summed E-state index contributed by atoms with van der Waals surface area (Å²) in [7, 11) is 1.16. The van der Waals surface area contributed by atoms with Crippen molar-refractivity contribution in [3.05, 3.63) is 29.6 Å². The van der Waals surface area contributed by atoms with Crippen LogP contribution in [-0.2, 0) is 20.9 Å². The van der Waals surface area contributed by atoms with Gasteiger partial charge in [0.2, 0.25) is 0 Å². The molecule has 5 heteroatoms. The molecule has 0 saturated heterocycles. The van der Waals surface area contributed by atoms with Crippen LogP contribution in [0, 0.1) is 6.92 Å². The Morgan fingerprint density at radius 2 is 2.27 bits per heavy atom. The maximum Gasteiger partial charge on any atom is 0.396 e. The monoisotopic (exact) mass is 208 g/mol. The number of methoxy groups -OCH3 is 1. The van der Waals surface area contributed by atoms with Gasteiger partial charge in [-0.05, 0) is 18.6 Å². The zero-order chi connectivity index (χ0) is 11.3. The highest BCUT2D eigenvalue weighted by molar-refractivity contribution is 6.32. The van der Waals surface area contributed by atoms with Crippen LogP contribution in [0.25, 0.3) is 0 Å². The Labute approximate surface area is 87.5 Å². The summed E-state index contributed by atoms with van der Waals surface area (Å²) in [5.74, 6) is -1.66. The molecule has 80 valence electrons. The Balaban J connectivity index is 2.54. The molecule has 1 aromatic rings. The van der Waals surface area contributed by atoms with E-state index in [1.807, 2.05) is 13.0 Å². The van der Waals surface area contributed by atoms with Crippen molar-refractivity contribution in [1.82, 2.24) is 10.3 Å². The summed E-state index contributed by atoms with van der Waals surface area (Å²) < 4.78 is 4.26. The lowest BCUT2D eigenvalue weighted by molar-refractivity contribution is -0.152. The van der Waals surface area contributed by atoms with Gasteiger partial charge in [-0.25, -0.2) is 4.79 Å². The topological polar surface area (TPSA) is 68.3 Å². The van der Waals surface area contributed by atoms with E-state index in [1.165, 1.54) is 0 Å². The second-order valence-electron chi connectivity index (χ2n) is 2.94. The van der Waals surface area contributed by atoms with Crippen LogP contribution in [0.5, 0.6) is 0 Å². The summed E-state index contributed by atoms with van der Waals surface area (Å²) in [6.07, 6.45) is 1.63. The maximum atomic E-state index is 11.0. The van der Waals surface area contributed by atoms with Crippen molar-refractivity contribution in [2.45, 2.75) is 13.5 Å². The molecule has 1 rings (SSSR count). The van der Waals surface area contributed by atoms with Crippen molar-refractivity contribution < 1.29 is 14.3 Å². The molecular weight excluding hydrogens is 196 g/mol. The van der Waals surface area contributed by atoms with Gasteiger partial charge < -0.3 is 10.1 Å². The summed E-state index contributed by atoms with van der Waals surface area (Å²) in [4.78, 5) is 25.9. The van der Waals surface area contributed by atoms with Crippen molar-refractivity contribution in [1.29, 1.82) is 0 Å². The lowest BCUT2D eigenvalue weighted by atomic mass is 10.2. The number of rotatable bonds is 2. The minimum absolute atomic E-state index is 0.223. The second-order valence-corrected chi connectivity index (χ2v) is 2.94. The molecule has 0 radical (unpaired) electrons. The fourth-order valence-corrected chi connectivity index (χ4v) is 1.03. The molecule has 0 aliphatic carbocycles. The first-order valence-corrected chi connectivity index (χ1v) is 4.41. The molecule has 5 nitrogen and oxygen atoms in total. The SMILES string of the molecule is COC(=O)C(=O)NCc1ncccc1C. The van der Waals surface area contributed by atoms with Crippen molar-refractivity contribution >= 4 is 11.9 Å². The van der Waals surface area contributed by atoms with Crippen LogP contribution in [0.2, 0.25) is 0 Å². The van der Waals surface area contributed by atoms with E-state index in [0.717, 1.165) is 18.4 Å². The van der Waals surface area contributed by atoms with Gasteiger partial charge in [0.05, 0.1) is 19.3 Å². The van der Waals surface area contributed by atoms with Crippen LogP contribution in [0.3, 0.4) is 0 Å². The number of aryl methyl sites for hydroxylation is 1. The molecule has 1 aromatic heterocycles. The number of nitrogens with zero attached hydrogens (tertiary/aromatic N) is 1. The molecule has 0 aromatic carbocycles. The molecule has 0 fully saturated rings. The Morgan fingerprint density at radius 3 is 2.87 bits per heavy atom. The highest BCUT2D eigenvalue weighted by Gasteiger charge is 2.13. The number of carbonyl (C=O) groups is 2. The number of carbonyl (C=O) groups excluding carboxylic acids is 2. The lowest BCUT2D eigenvalue weighted by Gasteiger charge is -2.05.